The van der Waals surface area contributed by atoms with Gasteiger partial charge in [-0.05, 0) is 60.1 Å². The lowest BCUT2D eigenvalue weighted by Crippen LogP contribution is -2.23. The lowest BCUT2D eigenvalue weighted by atomic mass is 10.2. The monoisotopic (exact) mass is 303 g/mol. The van der Waals surface area contributed by atoms with Gasteiger partial charge in [0, 0.05) is 22.0 Å². The van der Waals surface area contributed by atoms with Crippen LogP contribution >= 0.6 is 27.3 Å². The normalized spacial score (nSPS) is 22.5. The van der Waals surface area contributed by atoms with Gasteiger partial charge in [0.25, 0.3) is 0 Å². The van der Waals surface area contributed by atoms with E-state index in [0.29, 0.717) is 12.1 Å². The van der Waals surface area contributed by atoms with Gasteiger partial charge >= 0.3 is 0 Å². The molecule has 0 aliphatic carbocycles. The van der Waals surface area contributed by atoms with Gasteiger partial charge in [-0.2, -0.15) is 0 Å². The minimum atomic E-state index is 0.427. The van der Waals surface area contributed by atoms with Crippen molar-refractivity contribution in [1.82, 2.24) is 5.32 Å². The number of ether oxygens (including phenoxy) is 1. The number of nitrogens with one attached hydrogen (secondary N) is 1. The summed E-state index contributed by atoms with van der Waals surface area (Å²) in [7, 11) is 0. The molecule has 1 aromatic rings. The van der Waals surface area contributed by atoms with E-state index in [1.807, 2.05) is 0 Å². The highest BCUT2D eigenvalue weighted by Gasteiger charge is 2.16. The molecule has 90 valence electrons. The second-order valence-electron chi connectivity index (χ2n) is 4.23. The lowest BCUT2D eigenvalue weighted by Gasteiger charge is -2.15. The summed E-state index contributed by atoms with van der Waals surface area (Å²) in [6, 6.07) is 2.54. The molecule has 0 bridgehead atoms. The fourth-order valence-electron chi connectivity index (χ4n) is 2.04. The Kier molecular flexibility index (Phi) is 4.82. The predicted octanol–water partition coefficient (Wildman–Crippen LogP) is 3.73. The van der Waals surface area contributed by atoms with E-state index in [4.69, 9.17) is 4.74 Å². The second kappa shape index (κ2) is 6.15. The van der Waals surface area contributed by atoms with Gasteiger partial charge < -0.3 is 10.1 Å². The van der Waals surface area contributed by atoms with Crippen molar-refractivity contribution in [1.29, 1.82) is 0 Å². The van der Waals surface area contributed by atoms with Crippen LogP contribution in [0.3, 0.4) is 0 Å². The Morgan fingerprint density at radius 1 is 1.69 bits per heavy atom. The van der Waals surface area contributed by atoms with E-state index < -0.39 is 0 Å². The SMILES string of the molecule is CC(NCCC1CCCO1)c1sccc1Br. The largest absolute Gasteiger partial charge is 0.378 e. The fourth-order valence-corrected chi connectivity index (χ4v) is 3.79. The van der Waals surface area contributed by atoms with Crippen LogP contribution in [0.4, 0.5) is 0 Å². The van der Waals surface area contributed by atoms with Gasteiger partial charge in [-0.25, -0.2) is 0 Å². The van der Waals surface area contributed by atoms with Crippen LogP contribution in [-0.2, 0) is 4.74 Å². The third kappa shape index (κ3) is 3.29. The van der Waals surface area contributed by atoms with E-state index in [-0.39, 0.29) is 0 Å². The zero-order valence-corrected chi connectivity index (χ0v) is 11.9. The average molecular weight is 304 g/mol. The molecule has 16 heavy (non-hydrogen) atoms. The minimum Gasteiger partial charge on any atom is -0.378 e. The highest BCUT2D eigenvalue weighted by molar-refractivity contribution is 9.10. The molecule has 1 aliphatic heterocycles. The first-order valence-corrected chi connectivity index (χ1v) is 7.52. The molecule has 0 amide bonds. The van der Waals surface area contributed by atoms with Gasteiger partial charge in [-0.1, -0.05) is 0 Å². The maximum absolute atomic E-state index is 5.60. The average Bonchev–Trinajstić information content (AvgIpc) is 2.88. The van der Waals surface area contributed by atoms with Crippen LogP contribution < -0.4 is 5.32 Å². The number of hydrogen-bond donors (Lipinski definition) is 1. The Bertz CT molecular complexity index is 323. The van der Waals surface area contributed by atoms with E-state index in [1.54, 1.807) is 11.3 Å². The third-order valence-corrected chi connectivity index (χ3v) is 5.03. The molecule has 0 spiro atoms. The summed E-state index contributed by atoms with van der Waals surface area (Å²) >= 11 is 5.37. The molecule has 4 heteroatoms. The van der Waals surface area contributed by atoms with Gasteiger partial charge in [0.2, 0.25) is 0 Å². The first-order valence-electron chi connectivity index (χ1n) is 5.85. The first kappa shape index (κ1) is 12.6. The van der Waals surface area contributed by atoms with Crippen LogP contribution in [0.15, 0.2) is 15.9 Å². The summed E-state index contributed by atoms with van der Waals surface area (Å²) in [4.78, 5) is 1.38. The third-order valence-electron chi connectivity index (χ3n) is 2.98. The Morgan fingerprint density at radius 2 is 2.56 bits per heavy atom. The first-order chi connectivity index (χ1) is 7.77. The molecule has 2 atom stereocenters. The van der Waals surface area contributed by atoms with Crippen LogP contribution in [0.2, 0.25) is 0 Å². The van der Waals surface area contributed by atoms with Crippen LogP contribution in [0, 0.1) is 0 Å². The molecule has 1 fully saturated rings. The Morgan fingerprint density at radius 3 is 3.19 bits per heavy atom. The Hall–Kier alpha value is 0.100. The van der Waals surface area contributed by atoms with E-state index in [2.05, 4.69) is 39.6 Å². The molecule has 2 nitrogen and oxygen atoms in total. The molecule has 2 heterocycles. The van der Waals surface area contributed by atoms with Gasteiger partial charge in [0.15, 0.2) is 0 Å². The summed E-state index contributed by atoms with van der Waals surface area (Å²) in [5.41, 5.74) is 0. The lowest BCUT2D eigenvalue weighted by molar-refractivity contribution is 0.103. The molecular formula is C12H18BrNOS. The smallest absolute Gasteiger partial charge is 0.0588 e. The van der Waals surface area contributed by atoms with E-state index >= 15 is 0 Å². The van der Waals surface area contributed by atoms with Crippen LogP contribution in [-0.4, -0.2) is 19.3 Å². The van der Waals surface area contributed by atoms with Crippen molar-refractivity contribution in [2.75, 3.05) is 13.2 Å². The minimum absolute atomic E-state index is 0.427. The van der Waals surface area contributed by atoms with E-state index in [0.717, 1.165) is 19.6 Å². The van der Waals surface area contributed by atoms with Crippen LogP contribution in [0.25, 0.3) is 0 Å². The Labute approximate surface area is 110 Å². The van der Waals surface area contributed by atoms with E-state index in [9.17, 15) is 0 Å². The van der Waals surface area contributed by atoms with Crippen LogP contribution in [0.5, 0.6) is 0 Å². The maximum Gasteiger partial charge on any atom is 0.0588 e. The number of thiophene rings is 1. The number of rotatable bonds is 5. The van der Waals surface area contributed by atoms with Crippen molar-refractivity contribution in [3.8, 4) is 0 Å². The van der Waals surface area contributed by atoms with Crippen molar-refractivity contribution in [3.63, 3.8) is 0 Å². The second-order valence-corrected chi connectivity index (χ2v) is 6.03. The topological polar surface area (TPSA) is 21.3 Å². The molecular weight excluding hydrogens is 286 g/mol. The van der Waals surface area contributed by atoms with Gasteiger partial charge in [0.05, 0.1) is 6.10 Å². The fraction of sp³-hybridized carbons (Fsp3) is 0.667. The Balaban J connectivity index is 1.71. The molecule has 1 saturated heterocycles. The highest BCUT2D eigenvalue weighted by atomic mass is 79.9. The highest BCUT2D eigenvalue weighted by Crippen LogP contribution is 2.28. The van der Waals surface area contributed by atoms with Crippen molar-refractivity contribution in [2.24, 2.45) is 0 Å². The summed E-state index contributed by atoms with van der Waals surface area (Å²) in [5.74, 6) is 0. The summed E-state index contributed by atoms with van der Waals surface area (Å²) in [5, 5.41) is 5.68. The van der Waals surface area contributed by atoms with Crippen molar-refractivity contribution >= 4 is 27.3 Å². The molecule has 0 radical (unpaired) electrons. The summed E-state index contributed by atoms with van der Waals surface area (Å²) < 4.78 is 6.82. The van der Waals surface area contributed by atoms with Gasteiger partial charge in [-0.15, -0.1) is 11.3 Å². The standard InChI is InChI=1S/C12H18BrNOS/c1-9(12-11(13)5-8-16-12)14-6-4-10-3-2-7-15-10/h5,8-10,14H,2-4,6-7H2,1H3. The number of hydrogen-bond acceptors (Lipinski definition) is 3. The van der Waals surface area contributed by atoms with Crippen molar-refractivity contribution in [3.05, 3.63) is 20.8 Å². The molecule has 0 saturated carbocycles. The molecule has 1 aliphatic rings. The molecule has 1 aromatic heterocycles. The summed E-state index contributed by atoms with van der Waals surface area (Å²) in [6.45, 7) is 4.21. The van der Waals surface area contributed by atoms with Crippen LogP contribution in [0.1, 0.15) is 37.1 Å². The maximum atomic E-state index is 5.60. The molecule has 0 aromatic carbocycles. The zero-order valence-electron chi connectivity index (χ0n) is 9.54. The zero-order chi connectivity index (χ0) is 11.4. The van der Waals surface area contributed by atoms with Crippen molar-refractivity contribution < 1.29 is 4.74 Å². The molecule has 2 rings (SSSR count). The van der Waals surface area contributed by atoms with Gasteiger partial charge in [-0.3, -0.25) is 0 Å². The van der Waals surface area contributed by atoms with E-state index in [1.165, 1.54) is 22.2 Å². The van der Waals surface area contributed by atoms with Gasteiger partial charge in [0.1, 0.15) is 0 Å². The predicted molar refractivity (Wildman–Crippen MR) is 72.0 cm³/mol. The number of halogens is 1. The molecule has 2 unspecified atom stereocenters. The molecule has 1 N–H and O–H groups in total. The van der Waals surface area contributed by atoms with Crippen molar-refractivity contribution in [2.45, 2.75) is 38.3 Å². The summed E-state index contributed by atoms with van der Waals surface area (Å²) in [6.07, 6.45) is 4.09. The quantitative estimate of drug-likeness (QED) is 0.895.